The molecule has 2 atom stereocenters. The van der Waals surface area contributed by atoms with Gasteiger partial charge in [0.15, 0.2) is 0 Å². The molecule has 2 nitrogen and oxygen atoms in total. The first-order valence-electron chi connectivity index (χ1n) is 6.33. The van der Waals surface area contributed by atoms with Gasteiger partial charge in [-0.3, -0.25) is 4.90 Å². The highest BCUT2D eigenvalue weighted by atomic mass is 19.1. The van der Waals surface area contributed by atoms with E-state index < -0.39 is 0 Å². The Balaban J connectivity index is 2.05. The van der Waals surface area contributed by atoms with Crippen LogP contribution in [-0.4, -0.2) is 28.7 Å². The van der Waals surface area contributed by atoms with Gasteiger partial charge in [-0.15, -0.1) is 0 Å². The number of aliphatic hydroxyl groups is 1. The van der Waals surface area contributed by atoms with E-state index in [1.807, 2.05) is 13.0 Å². The summed E-state index contributed by atoms with van der Waals surface area (Å²) in [7, 11) is 0. The van der Waals surface area contributed by atoms with Crippen molar-refractivity contribution >= 4 is 0 Å². The van der Waals surface area contributed by atoms with Crippen LogP contribution in [0.5, 0.6) is 0 Å². The van der Waals surface area contributed by atoms with Crippen LogP contribution in [0.1, 0.15) is 31.7 Å². The summed E-state index contributed by atoms with van der Waals surface area (Å²) in [6.07, 6.45) is 3.06. The second-order valence-corrected chi connectivity index (χ2v) is 4.90. The van der Waals surface area contributed by atoms with Crippen molar-refractivity contribution in [2.75, 3.05) is 6.54 Å². The monoisotopic (exact) mass is 237 g/mol. The average Bonchev–Trinajstić information content (AvgIpc) is 2.29. The van der Waals surface area contributed by atoms with E-state index in [0.717, 1.165) is 25.1 Å². The fraction of sp³-hybridized carbons (Fsp3) is 0.571. The normalized spacial score (nSPS) is 23.6. The quantitative estimate of drug-likeness (QED) is 0.873. The van der Waals surface area contributed by atoms with Crippen LogP contribution in [0, 0.1) is 5.82 Å². The van der Waals surface area contributed by atoms with Gasteiger partial charge >= 0.3 is 0 Å². The van der Waals surface area contributed by atoms with Crippen molar-refractivity contribution in [2.24, 2.45) is 0 Å². The molecule has 0 unspecified atom stereocenters. The van der Waals surface area contributed by atoms with Gasteiger partial charge < -0.3 is 5.11 Å². The minimum absolute atomic E-state index is 0.187. The van der Waals surface area contributed by atoms with Gasteiger partial charge in [-0.2, -0.15) is 0 Å². The molecule has 0 bridgehead atoms. The molecule has 1 aliphatic rings. The van der Waals surface area contributed by atoms with Gasteiger partial charge in [-0.1, -0.05) is 18.6 Å². The Labute approximate surface area is 102 Å². The number of piperidine rings is 1. The molecule has 0 radical (unpaired) electrons. The van der Waals surface area contributed by atoms with E-state index >= 15 is 0 Å². The van der Waals surface area contributed by atoms with Crippen LogP contribution in [0.15, 0.2) is 24.3 Å². The van der Waals surface area contributed by atoms with E-state index in [9.17, 15) is 9.50 Å². The zero-order valence-electron chi connectivity index (χ0n) is 10.3. The first kappa shape index (κ1) is 12.5. The van der Waals surface area contributed by atoms with Crippen LogP contribution in [-0.2, 0) is 6.54 Å². The van der Waals surface area contributed by atoms with Crippen molar-refractivity contribution in [3.63, 3.8) is 0 Å². The van der Waals surface area contributed by atoms with E-state index in [2.05, 4.69) is 4.90 Å². The zero-order chi connectivity index (χ0) is 12.3. The zero-order valence-corrected chi connectivity index (χ0v) is 10.3. The maximum absolute atomic E-state index is 13.1. The Bertz CT molecular complexity index is 367. The average molecular weight is 237 g/mol. The van der Waals surface area contributed by atoms with Gasteiger partial charge in [0.05, 0.1) is 6.10 Å². The summed E-state index contributed by atoms with van der Waals surface area (Å²) in [4.78, 5) is 2.27. The smallest absolute Gasteiger partial charge is 0.123 e. The molecule has 0 aromatic heterocycles. The first-order valence-corrected chi connectivity index (χ1v) is 6.33. The minimum atomic E-state index is -0.316. The van der Waals surface area contributed by atoms with Gasteiger partial charge in [0.2, 0.25) is 0 Å². The predicted octanol–water partition coefficient (Wildman–Crippen LogP) is 2.56. The Morgan fingerprint density at radius 2 is 2.29 bits per heavy atom. The van der Waals surface area contributed by atoms with Crippen LogP contribution in [0.3, 0.4) is 0 Å². The first-order chi connectivity index (χ1) is 8.16. The lowest BCUT2D eigenvalue weighted by Crippen LogP contribution is -2.45. The van der Waals surface area contributed by atoms with Gasteiger partial charge in [0.1, 0.15) is 5.82 Å². The summed E-state index contributed by atoms with van der Waals surface area (Å²) in [6.45, 7) is 3.56. The van der Waals surface area contributed by atoms with Crippen molar-refractivity contribution in [1.29, 1.82) is 0 Å². The van der Waals surface area contributed by atoms with E-state index in [-0.39, 0.29) is 18.0 Å². The highest BCUT2D eigenvalue weighted by molar-refractivity contribution is 5.16. The Hall–Kier alpha value is -0.930. The van der Waals surface area contributed by atoms with Crippen molar-refractivity contribution < 1.29 is 9.50 Å². The summed E-state index contributed by atoms with van der Waals surface area (Å²) < 4.78 is 13.1. The summed E-state index contributed by atoms with van der Waals surface area (Å²) in [5, 5.41) is 9.76. The molecule has 2 rings (SSSR count). The molecule has 1 saturated heterocycles. The summed E-state index contributed by atoms with van der Waals surface area (Å²) in [6, 6.07) is 6.94. The van der Waals surface area contributed by atoms with Crippen molar-refractivity contribution in [3.05, 3.63) is 35.6 Å². The van der Waals surface area contributed by atoms with Gasteiger partial charge in [-0.05, 0) is 44.0 Å². The lowest BCUT2D eigenvalue weighted by molar-refractivity contribution is 0.0316. The molecule has 0 aliphatic carbocycles. The van der Waals surface area contributed by atoms with Crippen molar-refractivity contribution in [2.45, 2.75) is 44.9 Å². The van der Waals surface area contributed by atoms with E-state index in [1.165, 1.54) is 18.9 Å². The van der Waals surface area contributed by atoms with Crippen molar-refractivity contribution in [1.82, 2.24) is 4.90 Å². The number of nitrogens with zero attached hydrogens (tertiary/aromatic N) is 1. The van der Waals surface area contributed by atoms with Crippen LogP contribution in [0.25, 0.3) is 0 Å². The molecule has 0 amide bonds. The Morgan fingerprint density at radius 3 is 3.00 bits per heavy atom. The summed E-state index contributed by atoms with van der Waals surface area (Å²) in [5.74, 6) is -0.187. The number of likely N-dealkylation sites (tertiary alicyclic amines) is 1. The van der Waals surface area contributed by atoms with Crippen LogP contribution >= 0.6 is 0 Å². The van der Waals surface area contributed by atoms with Gasteiger partial charge in [0.25, 0.3) is 0 Å². The second kappa shape index (κ2) is 5.61. The molecule has 0 spiro atoms. The van der Waals surface area contributed by atoms with E-state index in [1.54, 1.807) is 12.1 Å². The van der Waals surface area contributed by atoms with Crippen LogP contribution in [0.2, 0.25) is 0 Å². The molecular weight excluding hydrogens is 217 g/mol. The fourth-order valence-corrected chi connectivity index (χ4v) is 2.63. The molecule has 17 heavy (non-hydrogen) atoms. The minimum Gasteiger partial charge on any atom is -0.392 e. The highest BCUT2D eigenvalue weighted by Gasteiger charge is 2.25. The maximum Gasteiger partial charge on any atom is 0.123 e. The second-order valence-electron chi connectivity index (χ2n) is 4.90. The SMILES string of the molecule is C[C@@H](O)[C@H]1CCCCN1Cc1cccc(F)c1. The summed E-state index contributed by atoms with van der Waals surface area (Å²) in [5.41, 5.74) is 0.984. The molecule has 1 aromatic rings. The highest BCUT2D eigenvalue weighted by Crippen LogP contribution is 2.22. The summed E-state index contributed by atoms with van der Waals surface area (Å²) >= 11 is 0. The number of halogens is 1. The number of hydrogen-bond donors (Lipinski definition) is 1. The van der Waals surface area contributed by atoms with Crippen LogP contribution < -0.4 is 0 Å². The number of benzene rings is 1. The third-order valence-electron chi connectivity index (χ3n) is 3.50. The molecule has 94 valence electrons. The number of hydrogen-bond acceptors (Lipinski definition) is 2. The van der Waals surface area contributed by atoms with Gasteiger partial charge in [0, 0.05) is 12.6 Å². The fourth-order valence-electron chi connectivity index (χ4n) is 2.63. The maximum atomic E-state index is 13.1. The topological polar surface area (TPSA) is 23.5 Å². The number of aliphatic hydroxyl groups excluding tert-OH is 1. The molecular formula is C14H20FNO. The van der Waals surface area contributed by atoms with Crippen molar-refractivity contribution in [3.8, 4) is 0 Å². The molecule has 1 aliphatic heterocycles. The standard InChI is InChI=1S/C14H20FNO/c1-11(17)14-7-2-3-8-16(14)10-12-5-4-6-13(15)9-12/h4-6,9,11,14,17H,2-3,7-8,10H2,1H3/t11-,14-/m1/s1. The Kier molecular flexibility index (Phi) is 4.13. The molecule has 3 heteroatoms. The molecule has 1 N–H and O–H groups in total. The largest absolute Gasteiger partial charge is 0.392 e. The lowest BCUT2D eigenvalue weighted by atomic mass is 9.97. The molecule has 1 heterocycles. The van der Waals surface area contributed by atoms with E-state index in [0.29, 0.717) is 0 Å². The lowest BCUT2D eigenvalue weighted by Gasteiger charge is -2.37. The molecule has 1 aromatic carbocycles. The van der Waals surface area contributed by atoms with E-state index in [4.69, 9.17) is 0 Å². The third-order valence-corrected chi connectivity index (χ3v) is 3.50. The number of rotatable bonds is 3. The Morgan fingerprint density at radius 1 is 1.47 bits per heavy atom. The van der Waals surface area contributed by atoms with Crippen LogP contribution in [0.4, 0.5) is 4.39 Å². The molecule has 1 fully saturated rings. The predicted molar refractivity (Wildman–Crippen MR) is 66.1 cm³/mol. The van der Waals surface area contributed by atoms with Gasteiger partial charge in [-0.25, -0.2) is 4.39 Å². The third kappa shape index (κ3) is 3.27. The molecule has 0 saturated carbocycles.